The highest BCUT2D eigenvalue weighted by molar-refractivity contribution is 6.30. The first-order valence-corrected chi connectivity index (χ1v) is 7.43. The van der Waals surface area contributed by atoms with Crippen molar-refractivity contribution in [3.8, 4) is 0 Å². The molecule has 0 radical (unpaired) electrons. The molecule has 5 nitrogen and oxygen atoms in total. The van der Waals surface area contributed by atoms with Gasteiger partial charge in [-0.15, -0.1) is 0 Å². The number of hydrogen-bond acceptors (Lipinski definition) is 4. The number of H-pyrrole nitrogens is 1. The van der Waals surface area contributed by atoms with Gasteiger partial charge in [0, 0.05) is 22.2 Å². The Hall–Kier alpha value is -2.27. The van der Waals surface area contributed by atoms with E-state index in [1.54, 1.807) is 13.1 Å². The zero-order valence-electron chi connectivity index (χ0n) is 12.3. The van der Waals surface area contributed by atoms with E-state index >= 15 is 0 Å². The lowest BCUT2D eigenvalue weighted by atomic mass is 9.83. The Labute approximate surface area is 133 Å². The van der Waals surface area contributed by atoms with Gasteiger partial charge in [0.1, 0.15) is 5.82 Å². The van der Waals surface area contributed by atoms with Gasteiger partial charge in [-0.05, 0) is 31.5 Å². The number of carbonyl (C=O) groups excluding carboxylic acids is 1. The van der Waals surface area contributed by atoms with Crippen LogP contribution >= 0.6 is 11.6 Å². The van der Waals surface area contributed by atoms with Gasteiger partial charge < -0.3 is 10.1 Å². The number of benzene rings is 1. The number of anilines is 1. The maximum atomic E-state index is 12.4. The first-order chi connectivity index (χ1) is 10.6. The third-order valence-electron chi connectivity index (χ3n) is 3.68. The molecule has 114 valence electrons. The third kappa shape index (κ3) is 2.48. The highest BCUT2D eigenvalue weighted by Crippen LogP contribution is 2.41. The van der Waals surface area contributed by atoms with Gasteiger partial charge in [0.25, 0.3) is 0 Å². The zero-order chi connectivity index (χ0) is 15.7. The molecule has 0 bridgehead atoms. The second-order valence-electron chi connectivity index (χ2n) is 5.07. The minimum atomic E-state index is -0.320. The van der Waals surface area contributed by atoms with E-state index in [0.29, 0.717) is 17.2 Å². The molecular weight excluding hydrogens is 302 g/mol. The van der Waals surface area contributed by atoms with E-state index in [1.165, 1.54) is 0 Å². The van der Waals surface area contributed by atoms with E-state index in [1.807, 2.05) is 31.2 Å². The number of allylic oxidation sites excluding steroid dienone is 1. The summed E-state index contributed by atoms with van der Waals surface area (Å²) in [6, 6.07) is 7.47. The summed E-state index contributed by atoms with van der Waals surface area (Å²) in [5, 5.41) is 10.8. The number of nitrogens with zero attached hydrogens (tertiary/aromatic N) is 1. The summed E-state index contributed by atoms with van der Waals surface area (Å²) in [6.07, 6.45) is 1.73. The molecule has 0 saturated carbocycles. The van der Waals surface area contributed by atoms with Crippen molar-refractivity contribution in [1.82, 2.24) is 10.2 Å². The fourth-order valence-electron chi connectivity index (χ4n) is 2.72. The van der Waals surface area contributed by atoms with Crippen molar-refractivity contribution < 1.29 is 9.53 Å². The summed E-state index contributed by atoms with van der Waals surface area (Å²) in [6.45, 7) is 3.99. The molecule has 6 heteroatoms. The molecule has 0 amide bonds. The highest BCUT2D eigenvalue weighted by atomic mass is 35.5. The minimum absolute atomic E-state index is 0.230. The minimum Gasteiger partial charge on any atom is -0.463 e. The van der Waals surface area contributed by atoms with Crippen LogP contribution in [0.1, 0.15) is 30.9 Å². The summed E-state index contributed by atoms with van der Waals surface area (Å²) >= 11 is 5.97. The molecule has 1 atom stereocenters. The topological polar surface area (TPSA) is 67.0 Å². The number of esters is 1. The Balaban J connectivity index is 2.13. The standard InChI is InChI=1S/C16H16ClN3O2/c1-3-22-16(21)13-9(2)19-15-12(8-18-20-15)14(13)10-4-6-11(17)7-5-10/h4-8,14H,3H2,1-2H3,(H2,18,19,20). The van der Waals surface area contributed by atoms with Crippen LogP contribution in [-0.4, -0.2) is 22.8 Å². The summed E-state index contributed by atoms with van der Waals surface area (Å²) in [5.41, 5.74) is 3.24. The molecule has 3 rings (SSSR count). The number of hydrogen-bond donors (Lipinski definition) is 2. The Morgan fingerprint density at radius 1 is 1.36 bits per heavy atom. The number of aromatic amines is 1. The number of nitrogens with one attached hydrogen (secondary N) is 2. The van der Waals surface area contributed by atoms with Gasteiger partial charge in [0.15, 0.2) is 0 Å². The van der Waals surface area contributed by atoms with Crippen LogP contribution in [-0.2, 0) is 9.53 Å². The number of rotatable bonds is 3. The van der Waals surface area contributed by atoms with Crippen molar-refractivity contribution in [3.63, 3.8) is 0 Å². The van der Waals surface area contributed by atoms with Crippen molar-refractivity contribution in [2.24, 2.45) is 0 Å². The van der Waals surface area contributed by atoms with Gasteiger partial charge >= 0.3 is 5.97 Å². The first-order valence-electron chi connectivity index (χ1n) is 7.05. The maximum absolute atomic E-state index is 12.4. The van der Waals surface area contributed by atoms with Crippen LogP contribution in [0.4, 0.5) is 5.82 Å². The van der Waals surface area contributed by atoms with E-state index in [9.17, 15) is 4.79 Å². The summed E-state index contributed by atoms with van der Waals surface area (Å²) in [7, 11) is 0. The molecule has 1 unspecified atom stereocenters. The second kappa shape index (κ2) is 5.85. The molecule has 0 aliphatic carbocycles. The van der Waals surface area contributed by atoms with Crippen molar-refractivity contribution in [1.29, 1.82) is 0 Å². The molecule has 1 aromatic heterocycles. The Bertz CT molecular complexity index is 734. The summed E-state index contributed by atoms with van der Waals surface area (Å²) in [4.78, 5) is 12.4. The average molecular weight is 318 g/mol. The Morgan fingerprint density at radius 3 is 2.77 bits per heavy atom. The number of ether oxygens (including phenoxy) is 1. The fourth-order valence-corrected chi connectivity index (χ4v) is 2.85. The lowest BCUT2D eigenvalue weighted by molar-refractivity contribution is -0.138. The molecular formula is C16H16ClN3O2. The van der Waals surface area contributed by atoms with E-state index in [2.05, 4.69) is 15.5 Å². The lowest BCUT2D eigenvalue weighted by Gasteiger charge is -2.27. The van der Waals surface area contributed by atoms with Gasteiger partial charge in [0.2, 0.25) is 0 Å². The Kier molecular flexibility index (Phi) is 3.90. The van der Waals surface area contributed by atoms with Crippen LogP contribution in [0.3, 0.4) is 0 Å². The molecule has 2 heterocycles. The van der Waals surface area contributed by atoms with Crippen LogP contribution < -0.4 is 5.32 Å². The molecule has 0 spiro atoms. The quantitative estimate of drug-likeness (QED) is 0.851. The molecule has 1 aromatic carbocycles. The predicted octanol–water partition coefficient (Wildman–Crippen LogP) is 3.46. The van der Waals surface area contributed by atoms with E-state index in [0.717, 1.165) is 22.6 Å². The molecule has 2 N–H and O–H groups in total. The molecule has 2 aromatic rings. The van der Waals surface area contributed by atoms with Crippen LogP contribution in [0.2, 0.25) is 5.02 Å². The fraction of sp³-hybridized carbons (Fsp3) is 0.250. The van der Waals surface area contributed by atoms with Gasteiger partial charge in [-0.25, -0.2) is 4.79 Å². The zero-order valence-corrected chi connectivity index (χ0v) is 13.1. The lowest BCUT2D eigenvalue weighted by Crippen LogP contribution is -2.24. The van der Waals surface area contributed by atoms with Crippen molar-refractivity contribution >= 4 is 23.4 Å². The second-order valence-corrected chi connectivity index (χ2v) is 5.51. The SMILES string of the molecule is CCOC(=O)C1=C(C)Nc2[nH]ncc2C1c1ccc(Cl)cc1. The van der Waals surface area contributed by atoms with E-state index < -0.39 is 0 Å². The molecule has 1 aliphatic rings. The van der Waals surface area contributed by atoms with Crippen LogP contribution in [0.5, 0.6) is 0 Å². The molecule has 1 aliphatic heterocycles. The highest BCUT2D eigenvalue weighted by Gasteiger charge is 2.34. The smallest absolute Gasteiger partial charge is 0.336 e. The third-order valence-corrected chi connectivity index (χ3v) is 3.94. The van der Waals surface area contributed by atoms with Gasteiger partial charge in [-0.2, -0.15) is 5.10 Å². The summed E-state index contributed by atoms with van der Waals surface area (Å²) < 4.78 is 5.23. The molecule has 0 saturated heterocycles. The number of fused-ring (bicyclic) bond motifs is 1. The number of aromatic nitrogens is 2. The maximum Gasteiger partial charge on any atom is 0.336 e. The van der Waals surface area contributed by atoms with E-state index in [4.69, 9.17) is 16.3 Å². The monoisotopic (exact) mass is 317 g/mol. The number of carbonyl (C=O) groups is 1. The normalized spacial score (nSPS) is 17.0. The van der Waals surface area contributed by atoms with Crippen molar-refractivity contribution in [2.75, 3.05) is 11.9 Å². The number of halogens is 1. The van der Waals surface area contributed by atoms with Crippen molar-refractivity contribution in [2.45, 2.75) is 19.8 Å². The first kappa shape index (κ1) is 14.7. The van der Waals surface area contributed by atoms with Crippen LogP contribution in [0.15, 0.2) is 41.7 Å². The van der Waals surface area contributed by atoms with E-state index in [-0.39, 0.29) is 11.9 Å². The van der Waals surface area contributed by atoms with Gasteiger partial charge in [0.05, 0.1) is 18.4 Å². The van der Waals surface area contributed by atoms with Crippen molar-refractivity contribution in [3.05, 3.63) is 57.9 Å². The predicted molar refractivity (Wildman–Crippen MR) is 84.8 cm³/mol. The average Bonchev–Trinajstić information content (AvgIpc) is 2.94. The van der Waals surface area contributed by atoms with Crippen LogP contribution in [0, 0.1) is 0 Å². The largest absolute Gasteiger partial charge is 0.463 e. The molecule has 22 heavy (non-hydrogen) atoms. The Morgan fingerprint density at radius 2 is 2.09 bits per heavy atom. The summed E-state index contributed by atoms with van der Waals surface area (Å²) in [5.74, 6) is 0.246. The van der Waals surface area contributed by atoms with Crippen LogP contribution in [0.25, 0.3) is 0 Å². The van der Waals surface area contributed by atoms with Gasteiger partial charge in [-0.1, -0.05) is 23.7 Å². The van der Waals surface area contributed by atoms with Gasteiger partial charge in [-0.3, -0.25) is 5.10 Å². The molecule has 0 fully saturated rings.